The van der Waals surface area contributed by atoms with Crippen LogP contribution in [0, 0.1) is 0 Å². The van der Waals surface area contributed by atoms with Crippen LogP contribution in [0.4, 0.5) is 0 Å². The number of benzene rings is 1. The van der Waals surface area contributed by atoms with Gasteiger partial charge in [0.2, 0.25) is 11.8 Å². The molecule has 1 fully saturated rings. The van der Waals surface area contributed by atoms with Crippen LogP contribution in [-0.2, 0) is 22.7 Å². The molecule has 29 heavy (non-hydrogen) atoms. The molecule has 0 unspecified atom stereocenters. The van der Waals surface area contributed by atoms with Gasteiger partial charge in [-0.05, 0) is 32.3 Å². The first kappa shape index (κ1) is 21.4. The van der Waals surface area contributed by atoms with Crippen LogP contribution in [0.5, 0.6) is 0 Å². The first-order chi connectivity index (χ1) is 14.1. The molecule has 1 aromatic carbocycles. The Balaban J connectivity index is 1.57. The van der Waals surface area contributed by atoms with Crippen molar-refractivity contribution >= 4 is 23.6 Å². The number of nitrogens with one attached hydrogen (secondary N) is 1. The van der Waals surface area contributed by atoms with E-state index in [2.05, 4.69) is 15.5 Å². The Morgan fingerprint density at radius 1 is 1.21 bits per heavy atom. The van der Waals surface area contributed by atoms with Gasteiger partial charge in [-0.15, -0.1) is 10.2 Å². The SMILES string of the molecule is CCn1c(CN2CCCCCC2=O)nnc1SCC(=O)N[C@@H](C)c1ccccc1. The van der Waals surface area contributed by atoms with Crippen molar-refractivity contribution in [1.29, 1.82) is 0 Å². The van der Waals surface area contributed by atoms with Gasteiger partial charge in [-0.2, -0.15) is 0 Å². The number of nitrogens with zero attached hydrogens (tertiary/aromatic N) is 4. The minimum Gasteiger partial charge on any atom is -0.349 e. The zero-order valence-corrected chi connectivity index (χ0v) is 18.0. The molecule has 2 amide bonds. The average molecular weight is 416 g/mol. The maximum Gasteiger partial charge on any atom is 0.230 e. The third kappa shape index (κ3) is 5.82. The van der Waals surface area contributed by atoms with E-state index in [4.69, 9.17) is 0 Å². The summed E-state index contributed by atoms with van der Waals surface area (Å²) in [6.07, 6.45) is 3.71. The molecule has 2 aromatic rings. The summed E-state index contributed by atoms with van der Waals surface area (Å²) < 4.78 is 2.00. The standard InChI is InChI=1S/C21H29N5O2S/c1-3-26-18(14-25-13-9-5-8-12-20(25)28)23-24-21(26)29-15-19(27)22-16(2)17-10-6-4-7-11-17/h4,6-7,10-11,16H,3,5,8-9,12-15H2,1-2H3,(H,22,27)/t16-/m0/s1. The predicted octanol–water partition coefficient (Wildman–Crippen LogP) is 3.17. The van der Waals surface area contributed by atoms with Gasteiger partial charge in [-0.3, -0.25) is 9.59 Å². The second-order valence-corrected chi connectivity index (χ2v) is 8.20. The van der Waals surface area contributed by atoms with Gasteiger partial charge in [0.05, 0.1) is 18.3 Å². The first-order valence-corrected chi connectivity index (χ1v) is 11.2. The number of rotatable bonds is 8. The molecular formula is C21H29N5O2S. The molecule has 2 heterocycles. The Labute approximate surface area is 176 Å². The van der Waals surface area contributed by atoms with E-state index in [1.807, 2.05) is 53.6 Å². The van der Waals surface area contributed by atoms with Crippen LogP contribution in [0.1, 0.15) is 57.0 Å². The van der Waals surface area contributed by atoms with Gasteiger partial charge in [0.25, 0.3) is 0 Å². The summed E-state index contributed by atoms with van der Waals surface area (Å²) in [7, 11) is 0. The lowest BCUT2D eigenvalue weighted by Crippen LogP contribution is -2.31. The molecule has 1 aromatic heterocycles. The molecule has 0 aliphatic carbocycles. The number of carbonyl (C=O) groups is 2. The van der Waals surface area contributed by atoms with E-state index in [9.17, 15) is 9.59 Å². The third-order valence-corrected chi connectivity index (χ3v) is 6.09. The summed E-state index contributed by atoms with van der Waals surface area (Å²) in [5.41, 5.74) is 1.08. The predicted molar refractivity (Wildman–Crippen MR) is 113 cm³/mol. The Morgan fingerprint density at radius 2 is 2.00 bits per heavy atom. The Kier molecular flexibility index (Phi) is 7.69. The lowest BCUT2D eigenvalue weighted by Gasteiger charge is -2.20. The fourth-order valence-corrected chi connectivity index (χ4v) is 4.31. The summed E-state index contributed by atoms with van der Waals surface area (Å²) in [5, 5.41) is 12.3. The fraction of sp³-hybridized carbons (Fsp3) is 0.524. The van der Waals surface area contributed by atoms with E-state index < -0.39 is 0 Å². The molecule has 156 valence electrons. The number of carbonyl (C=O) groups excluding carboxylic acids is 2. The molecule has 3 rings (SSSR count). The van der Waals surface area contributed by atoms with Gasteiger partial charge in [0.1, 0.15) is 0 Å². The van der Waals surface area contributed by atoms with E-state index in [0.29, 0.717) is 24.7 Å². The lowest BCUT2D eigenvalue weighted by molar-refractivity contribution is -0.131. The smallest absolute Gasteiger partial charge is 0.230 e. The number of aromatic nitrogens is 3. The van der Waals surface area contributed by atoms with Crippen molar-refractivity contribution in [3.8, 4) is 0 Å². The Hall–Kier alpha value is -2.35. The minimum atomic E-state index is -0.0436. The van der Waals surface area contributed by atoms with Gasteiger partial charge in [-0.1, -0.05) is 48.5 Å². The van der Waals surface area contributed by atoms with Crippen molar-refractivity contribution in [1.82, 2.24) is 25.0 Å². The first-order valence-electron chi connectivity index (χ1n) is 10.3. The highest BCUT2D eigenvalue weighted by atomic mass is 32.2. The molecule has 0 saturated carbocycles. The number of hydrogen-bond acceptors (Lipinski definition) is 5. The van der Waals surface area contributed by atoms with Crippen LogP contribution in [0.2, 0.25) is 0 Å². The van der Waals surface area contributed by atoms with Crippen LogP contribution >= 0.6 is 11.8 Å². The van der Waals surface area contributed by atoms with E-state index >= 15 is 0 Å². The van der Waals surface area contributed by atoms with Gasteiger partial charge in [0, 0.05) is 19.5 Å². The highest BCUT2D eigenvalue weighted by Gasteiger charge is 2.21. The van der Waals surface area contributed by atoms with Crippen LogP contribution in [0.25, 0.3) is 0 Å². The summed E-state index contributed by atoms with van der Waals surface area (Å²) in [5.74, 6) is 1.21. The largest absolute Gasteiger partial charge is 0.349 e. The van der Waals surface area contributed by atoms with Crippen LogP contribution in [-0.4, -0.2) is 43.8 Å². The topological polar surface area (TPSA) is 80.1 Å². The third-order valence-electron chi connectivity index (χ3n) is 5.12. The van der Waals surface area contributed by atoms with Crippen LogP contribution in [0.3, 0.4) is 0 Å². The summed E-state index contributed by atoms with van der Waals surface area (Å²) in [4.78, 5) is 26.5. The van der Waals surface area contributed by atoms with Crippen LogP contribution < -0.4 is 5.32 Å². The molecule has 7 nitrogen and oxygen atoms in total. The minimum absolute atomic E-state index is 0.0405. The van der Waals surface area contributed by atoms with Gasteiger partial charge in [0.15, 0.2) is 11.0 Å². The van der Waals surface area contributed by atoms with E-state index in [1.165, 1.54) is 11.8 Å². The molecule has 1 atom stereocenters. The van der Waals surface area contributed by atoms with Crippen molar-refractivity contribution in [2.75, 3.05) is 12.3 Å². The zero-order valence-electron chi connectivity index (χ0n) is 17.1. The molecule has 1 aliphatic rings. The highest BCUT2D eigenvalue weighted by Crippen LogP contribution is 2.20. The maximum absolute atomic E-state index is 12.4. The van der Waals surface area contributed by atoms with Crippen molar-refractivity contribution in [3.05, 3.63) is 41.7 Å². The van der Waals surface area contributed by atoms with Crippen LogP contribution in [0.15, 0.2) is 35.5 Å². The monoisotopic (exact) mass is 415 g/mol. The van der Waals surface area contributed by atoms with E-state index in [1.54, 1.807) is 0 Å². The second kappa shape index (κ2) is 10.4. The quantitative estimate of drug-likeness (QED) is 0.670. The van der Waals surface area contributed by atoms with Gasteiger partial charge >= 0.3 is 0 Å². The second-order valence-electron chi connectivity index (χ2n) is 7.26. The van der Waals surface area contributed by atoms with Crippen molar-refractivity contribution < 1.29 is 9.59 Å². The summed E-state index contributed by atoms with van der Waals surface area (Å²) in [6.45, 7) is 5.96. The van der Waals surface area contributed by atoms with Crippen molar-refractivity contribution in [3.63, 3.8) is 0 Å². The number of thioether (sulfide) groups is 1. The number of hydrogen-bond donors (Lipinski definition) is 1. The number of likely N-dealkylation sites (tertiary alicyclic amines) is 1. The van der Waals surface area contributed by atoms with Crippen molar-refractivity contribution in [2.45, 2.75) is 63.8 Å². The van der Waals surface area contributed by atoms with Crippen molar-refractivity contribution in [2.24, 2.45) is 0 Å². The molecule has 8 heteroatoms. The average Bonchev–Trinajstić information content (AvgIpc) is 3.01. The van der Waals surface area contributed by atoms with Gasteiger partial charge < -0.3 is 14.8 Å². The molecule has 1 N–H and O–H groups in total. The maximum atomic E-state index is 12.4. The van der Waals surface area contributed by atoms with E-state index in [0.717, 1.165) is 37.2 Å². The summed E-state index contributed by atoms with van der Waals surface area (Å²) in [6, 6.07) is 9.85. The number of amides is 2. The molecular weight excluding hydrogens is 386 g/mol. The van der Waals surface area contributed by atoms with E-state index in [-0.39, 0.29) is 23.6 Å². The lowest BCUT2D eigenvalue weighted by atomic mass is 10.1. The Morgan fingerprint density at radius 3 is 2.76 bits per heavy atom. The molecule has 1 aliphatic heterocycles. The molecule has 0 spiro atoms. The zero-order chi connectivity index (χ0) is 20.6. The molecule has 0 radical (unpaired) electrons. The fourth-order valence-electron chi connectivity index (χ4n) is 3.48. The Bertz CT molecular complexity index is 824. The normalized spacial score (nSPS) is 15.8. The molecule has 1 saturated heterocycles. The molecule has 0 bridgehead atoms. The highest BCUT2D eigenvalue weighted by molar-refractivity contribution is 7.99. The van der Waals surface area contributed by atoms with Gasteiger partial charge in [-0.25, -0.2) is 0 Å². The summed E-state index contributed by atoms with van der Waals surface area (Å²) >= 11 is 1.38.